The largest absolute Gasteiger partial charge is 0.351 e. The van der Waals surface area contributed by atoms with Gasteiger partial charge in [0.25, 0.3) is 5.91 Å². The molecule has 5 heteroatoms. The van der Waals surface area contributed by atoms with Crippen molar-refractivity contribution in [3.63, 3.8) is 0 Å². The number of nitrogens with two attached hydrogens (primary N) is 1. The van der Waals surface area contributed by atoms with Crippen LogP contribution in [0.3, 0.4) is 0 Å². The van der Waals surface area contributed by atoms with E-state index in [0.29, 0.717) is 13.1 Å². The summed E-state index contributed by atoms with van der Waals surface area (Å²) < 4.78 is 26.5. The molecule has 0 aliphatic heterocycles. The van der Waals surface area contributed by atoms with Gasteiger partial charge in [-0.05, 0) is 37.9 Å². The number of carbonyl (C=O) groups excluding carboxylic acids is 1. The van der Waals surface area contributed by atoms with Gasteiger partial charge in [-0.2, -0.15) is 0 Å². The minimum Gasteiger partial charge on any atom is -0.351 e. The smallest absolute Gasteiger partial charge is 0.254 e. The number of benzene rings is 1. The number of hydrogen-bond acceptors (Lipinski definition) is 2. The Hall–Kier alpha value is -1.49. The molecule has 0 spiro atoms. The van der Waals surface area contributed by atoms with Crippen molar-refractivity contribution in [2.45, 2.75) is 19.8 Å². The molecule has 18 heavy (non-hydrogen) atoms. The van der Waals surface area contributed by atoms with Crippen molar-refractivity contribution in [3.8, 4) is 0 Å². The van der Waals surface area contributed by atoms with Crippen molar-refractivity contribution in [1.82, 2.24) is 5.32 Å². The zero-order valence-electron chi connectivity index (χ0n) is 10.2. The summed E-state index contributed by atoms with van der Waals surface area (Å²) in [6, 6.07) is 1.96. The fourth-order valence-electron chi connectivity index (χ4n) is 1.82. The molecule has 1 aromatic rings. The number of carbonyl (C=O) groups is 1. The Morgan fingerprint density at radius 3 is 2.61 bits per heavy atom. The van der Waals surface area contributed by atoms with Gasteiger partial charge in [0, 0.05) is 18.0 Å². The normalized spacial score (nSPS) is 16.4. The van der Waals surface area contributed by atoms with Gasteiger partial charge in [-0.25, -0.2) is 8.78 Å². The second-order valence-electron chi connectivity index (χ2n) is 4.97. The van der Waals surface area contributed by atoms with E-state index in [1.54, 1.807) is 0 Å². The average Bonchev–Trinajstić information content (AvgIpc) is 3.11. The Morgan fingerprint density at radius 2 is 2.06 bits per heavy atom. The minimum atomic E-state index is -0.840. The van der Waals surface area contributed by atoms with Crippen LogP contribution in [-0.2, 0) is 0 Å². The Kier molecular flexibility index (Phi) is 3.34. The van der Waals surface area contributed by atoms with E-state index < -0.39 is 17.5 Å². The Bertz CT molecular complexity index is 484. The molecule has 1 fully saturated rings. The van der Waals surface area contributed by atoms with E-state index >= 15 is 0 Å². The van der Waals surface area contributed by atoms with Crippen LogP contribution < -0.4 is 11.1 Å². The monoisotopic (exact) mass is 254 g/mol. The summed E-state index contributed by atoms with van der Waals surface area (Å²) in [6.07, 6.45) is 1.96. The zero-order valence-corrected chi connectivity index (χ0v) is 10.2. The maximum Gasteiger partial charge on any atom is 0.254 e. The van der Waals surface area contributed by atoms with Crippen molar-refractivity contribution in [2.24, 2.45) is 11.1 Å². The quantitative estimate of drug-likeness (QED) is 0.860. The molecule has 1 aliphatic carbocycles. The number of nitrogens with one attached hydrogen (secondary N) is 1. The first-order valence-corrected chi connectivity index (χ1v) is 5.91. The van der Waals surface area contributed by atoms with Crippen LogP contribution in [0.15, 0.2) is 12.1 Å². The predicted octanol–water partition coefficient (Wildman–Crippen LogP) is 1.74. The summed E-state index contributed by atoms with van der Waals surface area (Å²) in [5.41, 5.74) is 5.71. The van der Waals surface area contributed by atoms with Gasteiger partial charge < -0.3 is 11.1 Å². The maximum absolute atomic E-state index is 13.5. The first-order chi connectivity index (χ1) is 8.47. The third-order valence-corrected chi connectivity index (χ3v) is 3.51. The fraction of sp³-hybridized carbons (Fsp3) is 0.462. The van der Waals surface area contributed by atoms with Crippen LogP contribution in [0, 0.1) is 24.0 Å². The third kappa shape index (κ3) is 2.51. The molecule has 1 amide bonds. The summed E-state index contributed by atoms with van der Waals surface area (Å²) in [5.74, 6) is -2.01. The highest BCUT2D eigenvalue weighted by atomic mass is 19.1. The highest BCUT2D eigenvalue weighted by Gasteiger charge is 2.41. The van der Waals surface area contributed by atoms with E-state index in [0.717, 1.165) is 18.9 Å². The van der Waals surface area contributed by atoms with Crippen LogP contribution in [-0.4, -0.2) is 19.0 Å². The summed E-state index contributed by atoms with van der Waals surface area (Å²) in [7, 11) is 0. The SMILES string of the molecule is Cc1cc(C(=O)NCC2(CN)CC2)c(F)cc1F. The molecule has 2 rings (SSSR count). The van der Waals surface area contributed by atoms with Crippen LogP contribution in [0.1, 0.15) is 28.8 Å². The second-order valence-corrected chi connectivity index (χ2v) is 4.97. The van der Waals surface area contributed by atoms with Crippen LogP contribution in [0.5, 0.6) is 0 Å². The topological polar surface area (TPSA) is 55.1 Å². The molecule has 3 nitrogen and oxygen atoms in total. The van der Waals surface area contributed by atoms with Crippen LogP contribution in [0.4, 0.5) is 8.78 Å². The fourth-order valence-corrected chi connectivity index (χ4v) is 1.82. The molecule has 1 saturated carbocycles. The molecule has 0 atom stereocenters. The van der Waals surface area contributed by atoms with Crippen LogP contribution in [0.25, 0.3) is 0 Å². The van der Waals surface area contributed by atoms with E-state index in [1.807, 2.05) is 0 Å². The first kappa shape index (κ1) is 13.0. The van der Waals surface area contributed by atoms with Gasteiger partial charge in [-0.3, -0.25) is 4.79 Å². The van der Waals surface area contributed by atoms with E-state index in [4.69, 9.17) is 5.73 Å². The lowest BCUT2D eigenvalue weighted by atomic mass is 10.1. The maximum atomic E-state index is 13.5. The number of halogens is 2. The zero-order chi connectivity index (χ0) is 13.3. The molecule has 3 N–H and O–H groups in total. The number of hydrogen-bond donors (Lipinski definition) is 2. The lowest BCUT2D eigenvalue weighted by Crippen LogP contribution is -2.34. The molecule has 0 aromatic heterocycles. The predicted molar refractivity (Wildman–Crippen MR) is 64.1 cm³/mol. The minimum absolute atomic E-state index is 0.0127. The molecule has 1 aliphatic rings. The summed E-state index contributed by atoms with van der Waals surface area (Å²) >= 11 is 0. The first-order valence-electron chi connectivity index (χ1n) is 5.91. The third-order valence-electron chi connectivity index (χ3n) is 3.51. The second kappa shape index (κ2) is 4.65. The number of rotatable bonds is 4. The van der Waals surface area contributed by atoms with E-state index in [-0.39, 0.29) is 16.5 Å². The number of aryl methyl sites for hydroxylation is 1. The highest BCUT2D eigenvalue weighted by molar-refractivity contribution is 5.94. The molecule has 0 bridgehead atoms. The van der Waals surface area contributed by atoms with Crippen molar-refractivity contribution in [3.05, 3.63) is 34.9 Å². The summed E-state index contributed by atoms with van der Waals surface area (Å²) in [5, 5.41) is 2.66. The van der Waals surface area contributed by atoms with Gasteiger partial charge in [0.2, 0.25) is 0 Å². The molecule has 98 valence electrons. The lowest BCUT2D eigenvalue weighted by Gasteiger charge is -2.13. The van der Waals surface area contributed by atoms with E-state index in [2.05, 4.69) is 5.32 Å². The van der Waals surface area contributed by atoms with E-state index in [1.165, 1.54) is 13.0 Å². The molecular formula is C13H16F2N2O. The van der Waals surface area contributed by atoms with Crippen LogP contribution in [0.2, 0.25) is 0 Å². The van der Waals surface area contributed by atoms with Crippen molar-refractivity contribution < 1.29 is 13.6 Å². The summed E-state index contributed by atoms with van der Waals surface area (Å²) in [6.45, 7) is 2.45. The van der Waals surface area contributed by atoms with Gasteiger partial charge in [0.1, 0.15) is 11.6 Å². The molecule has 0 unspecified atom stereocenters. The van der Waals surface area contributed by atoms with Gasteiger partial charge >= 0.3 is 0 Å². The Balaban J connectivity index is 2.07. The number of amides is 1. The lowest BCUT2D eigenvalue weighted by molar-refractivity contribution is 0.0941. The van der Waals surface area contributed by atoms with Crippen molar-refractivity contribution >= 4 is 5.91 Å². The molecule has 0 radical (unpaired) electrons. The van der Waals surface area contributed by atoms with Gasteiger partial charge in [0.15, 0.2) is 0 Å². The molecule has 0 saturated heterocycles. The average molecular weight is 254 g/mol. The molecule has 1 aromatic carbocycles. The molecular weight excluding hydrogens is 238 g/mol. The Labute approximate surface area is 104 Å². The van der Waals surface area contributed by atoms with Gasteiger partial charge in [0.05, 0.1) is 5.56 Å². The standard InChI is InChI=1S/C13H16F2N2O/c1-8-4-9(11(15)5-10(8)14)12(18)17-7-13(6-16)2-3-13/h4-5H,2-3,6-7,16H2,1H3,(H,17,18). The van der Waals surface area contributed by atoms with Crippen molar-refractivity contribution in [2.75, 3.05) is 13.1 Å². The van der Waals surface area contributed by atoms with E-state index in [9.17, 15) is 13.6 Å². The summed E-state index contributed by atoms with van der Waals surface area (Å²) in [4.78, 5) is 11.8. The van der Waals surface area contributed by atoms with Crippen molar-refractivity contribution in [1.29, 1.82) is 0 Å². The van der Waals surface area contributed by atoms with Gasteiger partial charge in [-0.1, -0.05) is 0 Å². The van der Waals surface area contributed by atoms with Crippen LogP contribution >= 0.6 is 0 Å². The Morgan fingerprint density at radius 1 is 1.39 bits per heavy atom. The molecule has 0 heterocycles. The van der Waals surface area contributed by atoms with Gasteiger partial charge in [-0.15, -0.1) is 0 Å². The highest BCUT2D eigenvalue weighted by Crippen LogP contribution is 2.43.